The zero-order valence-corrected chi connectivity index (χ0v) is 12.1. The lowest BCUT2D eigenvalue weighted by Crippen LogP contribution is -2.21. The summed E-state index contributed by atoms with van der Waals surface area (Å²) in [5.41, 5.74) is 6.44. The van der Waals surface area contributed by atoms with E-state index in [1.165, 1.54) is 0 Å². The quantitative estimate of drug-likeness (QED) is 0.844. The molecule has 0 fully saturated rings. The fourth-order valence-electron chi connectivity index (χ4n) is 1.54. The predicted molar refractivity (Wildman–Crippen MR) is 77.1 cm³/mol. The number of hydrogen-bond acceptors (Lipinski definition) is 4. The predicted octanol–water partition coefficient (Wildman–Crippen LogP) is 2.93. The molecule has 4 heteroatoms. The highest BCUT2D eigenvalue weighted by Crippen LogP contribution is 2.23. The second kappa shape index (κ2) is 6.47. The van der Waals surface area contributed by atoms with E-state index in [0.717, 1.165) is 18.8 Å². The molecule has 18 heavy (non-hydrogen) atoms. The number of pyridine rings is 1. The van der Waals surface area contributed by atoms with Crippen LogP contribution in [0.1, 0.15) is 34.1 Å². The van der Waals surface area contributed by atoms with Gasteiger partial charge in [0.25, 0.3) is 0 Å². The van der Waals surface area contributed by atoms with E-state index in [4.69, 9.17) is 10.5 Å². The Morgan fingerprint density at radius 3 is 2.50 bits per heavy atom. The molecule has 0 saturated heterocycles. The van der Waals surface area contributed by atoms with Crippen LogP contribution >= 0.6 is 0 Å². The van der Waals surface area contributed by atoms with Crippen LogP contribution in [0, 0.1) is 5.92 Å². The number of anilines is 2. The second-order valence-corrected chi connectivity index (χ2v) is 5.33. The average Bonchev–Trinajstić information content (AvgIpc) is 2.28. The second-order valence-electron chi connectivity index (χ2n) is 5.33. The fourth-order valence-corrected chi connectivity index (χ4v) is 1.54. The third kappa shape index (κ3) is 4.43. The number of nitrogens with two attached hydrogens (primary N) is 1. The highest BCUT2D eigenvalue weighted by molar-refractivity contribution is 5.54. The van der Waals surface area contributed by atoms with Crippen LogP contribution in [0.25, 0.3) is 0 Å². The summed E-state index contributed by atoms with van der Waals surface area (Å²) in [6, 6.07) is 3.79. The van der Waals surface area contributed by atoms with Crippen LogP contribution in [-0.4, -0.2) is 24.7 Å². The molecular weight excluding hydrogens is 226 g/mol. The SMILES string of the molecule is CC(C)CCN(C)c1ccc(N)c(OC(C)C)n1. The van der Waals surface area contributed by atoms with Gasteiger partial charge < -0.3 is 15.4 Å². The Morgan fingerprint density at radius 2 is 1.94 bits per heavy atom. The Labute approximate surface area is 110 Å². The first-order valence-electron chi connectivity index (χ1n) is 6.54. The van der Waals surface area contributed by atoms with E-state index in [1.807, 2.05) is 33.0 Å². The standard InChI is InChI=1S/C14H25N3O/c1-10(2)8-9-17(5)13-7-6-12(15)14(16-13)18-11(3)4/h6-7,10-11H,8-9,15H2,1-5H3. The molecule has 102 valence electrons. The third-order valence-electron chi connectivity index (χ3n) is 2.66. The Balaban J connectivity index is 2.77. The summed E-state index contributed by atoms with van der Waals surface area (Å²) < 4.78 is 5.60. The fraction of sp³-hybridized carbons (Fsp3) is 0.643. The molecule has 4 nitrogen and oxygen atoms in total. The largest absolute Gasteiger partial charge is 0.473 e. The first-order chi connectivity index (χ1) is 8.40. The molecule has 0 bridgehead atoms. The molecule has 0 atom stereocenters. The lowest BCUT2D eigenvalue weighted by molar-refractivity contribution is 0.234. The van der Waals surface area contributed by atoms with Crippen LogP contribution in [0.4, 0.5) is 11.5 Å². The summed E-state index contributed by atoms with van der Waals surface area (Å²) in [4.78, 5) is 6.60. The summed E-state index contributed by atoms with van der Waals surface area (Å²) in [6.45, 7) is 9.36. The third-order valence-corrected chi connectivity index (χ3v) is 2.66. The number of hydrogen-bond donors (Lipinski definition) is 1. The number of rotatable bonds is 6. The number of nitrogens with zero attached hydrogens (tertiary/aromatic N) is 2. The van der Waals surface area contributed by atoms with Gasteiger partial charge in [0.2, 0.25) is 5.88 Å². The number of aromatic nitrogens is 1. The minimum atomic E-state index is 0.0796. The van der Waals surface area contributed by atoms with Gasteiger partial charge in [-0.2, -0.15) is 4.98 Å². The molecule has 0 aromatic carbocycles. The Kier molecular flexibility index (Phi) is 5.25. The van der Waals surface area contributed by atoms with Crippen LogP contribution in [0.3, 0.4) is 0 Å². The van der Waals surface area contributed by atoms with Crippen molar-refractivity contribution in [3.63, 3.8) is 0 Å². The van der Waals surface area contributed by atoms with Crippen LogP contribution in [0.15, 0.2) is 12.1 Å². The smallest absolute Gasteiger partial charge is 0.239 e. The molecule has 1 aromatic rings. The molecule has 0 aliphatic rings. The van der Waals surface area contributed by atoms with E-state index >= 15 is 0 Å². The minimum Gasteiger partial charge on any atom is -0.473 e. The molecule has 2 N–H and O–H groups in total. The van der Waals surface area contributed by atoms with E-state index in [-0.39, 0.29) is 6.10 Å². The average molecular weight is 251 g/mol. The van der Waals surface area contributed by atoms with Gasteiger partial charge in [-0.1, -0.05) is 13.8 Å². The Hall–Kier alpha value is -1.45. The zero-order valence-electron chi connectivity index (χ0n) is 12.1. The van der Waals surface area contributed by atoms with Crippen molar-refractivity contribution in [2.45, 2.75) is 40.2 Å². The van der Waals surface area contributed by atoms with Gasteiger partial charge in [0, 0.05) is 13.6 Å². The summed E-state index contributed by atoms with van der Waals surface area (Å²) in [7, 11) is 2.04. The molecule has 0 aliphatic heterocycles. The van der Waals surface area contributed by atoms with Crippen LogP contribution in [0.5, 0.6) is 5.88 Å². The zero-order chi connectivity index (χ0) is 13.7. The van der Waals surface area contributed by atoms with E-state index < -0.39 is 0 Å². The van der Waals surface area contributed by atoms with Gasteiger partial charge in [-0.15, -0.1) is 0 Å². The molecule has 0 saturated carbocycles. The molecule has 1 aromatic heterocycles. The molecule has 0 spiro atoms. The summed E-state index contributed by atoms with van der Waals surface area (Å²) in [5.74, 6) is 2.12. The van der Waals surface area contributed by atoms with Crippen molar-refractivity contribution in [1.82, 2.24) is 4.98 Å². The molecule has 0 unspecified atom stereocenters. The maximum atomic E-state index is 5.85. The molecule has 0 amide bonds. The van der Waals surface area contributed by atoms with Gasteiger partial charge in [-0.3, -0.25) is 0 Å². The van der Waals surface area contributed by atoms with Crippen LogP contribution in [0.2, 0.25) is 0 Å². The van der Waals surface area contributed by atoms with E-state index in [0.29, 0.717) is 17.5 Å². The summed E-state index contributed by atoms with van der Waals surface area (Å²) in [6.07, 6.45) is 1.22. The van der Waals surface area contributed by atoms with Gasteiger partial charge >= 0.3 is 0 Å². The lowest BCUT2D eigenvalue weighted by Gasteiger charge is -2.21. The van der Waals surface area contributed by atoms with Crippen molar-refractivity contribution in [3.8, 4) is 5.88 Å². The maximum Gasteiger partial charge on any atom is 0.239 e. The number of nitrogen functional groups attached to an aromatic ring is 1. The monoisotopic (exact) mass is 251 g/mol. The minimum absolute atomic E-state index is 0.0796. The van der Waals surface area contributed by atoms with Crippen molar-refractivity contribution in [3.05, 3.63) is 12.1 Å². The highest BCUT2D eigenvalue weighted by Gasteiger charge is 2.09. The first-order valence-corrected chi connectivity index (χ1v) is 6.54. The molecule has 0 radical (unpaired) electrons. The lowest BCUT2D eigenvalue weighted by atomic mass is 10.1. The van der Waals surface area contributed by atoms with E-state index in [2.05, 4.69) is 23.7 Å². The van der Waals surface area contributed by atoms with Gasteiger partial charge in [-0.25, -0.2) is 0 Å². The van der Waals surface area contributed by atoms with Crippen LogP contribution < -0.4 is 15.4 Å². The topological polar surface area (TPSA) is 51.4 Å². The summed E-state index contributed by atoms with van der Waals surface area (Å²) in [5, 5.41) is 0. The van der Waals surface area contributed by atoms with E-state index in [1.54, 1.807) is 0 Å². The Bertz CT molecular complexity index is 377. The molecule has 1 heterocycles. The van der Waals surface area contributed by atoms with Crippen molar-refractivity contribution >= 4 is 11.5 Å². The van der Waals surface area contributed by atoms with Gasteiger partial charge in [0.1, 0.15) is 5.82 Å². The maximum absolute atomic E-state index is 5.85. The van der Waals surface area contributed by atoms with Gasteiger partial charge in [-0.05, 0) is 38.3 Å². The molecule has 1 rings (SSSR count). The molecule has 0 aliphatic carbocycles. The number of ether oxygens (including phenoxy) is 1. The van der Waals surface area contributed by atoms with Crippen molar-refractivity contribution in [2.24, 2.45) is 5.92 Å². The summed E-state index contributed by atoms with van der Waals surface area (Å²) >= 11 is 0. The van der Waals surface area contributed by atoms with E-state index in [9.17, 15) is 0 Å². The van der Waals surface area contributed by atoms with Crippen molar-refractivity contribution in [2.75, 3.05) is 24.2 Å². The van der Waals surface area contributed by atoms with Crippen LogP contribution in [-0.2, 0) is 0 Å². The normalized spacial score (nSPS) is 11.1. The first kappa shape index (κ1) is 14.6. The highest BCUT2D eigenvalue weighted by atomic mass is 16.5. The molecular formula is C14H25N3O. The van der Waals surface area contributed by atoms with Crippen molar-refractivity contribution < 1.29 is 4.74 Å². The van der Waals surface area contributed by atoms with Gasteiger partial charge in [0.15, 0.2) is 0 Å². The Morgan fingerprint density at radius 1 is 1.28 bits per heavy atom. The van der Waals surface area contributed by atoms with Crippen molar-refractivity contribution in [1.29, 1.82) is 0 Å². The van der Waals surface area contributed by atoms with Gasteiger partial charge in [0.05, 0.1) is 11.8 Å².